The first-order valence-electron chi connectivity index (χ1n) is 9.07. The Morgan fingerprint density at radius 2 is 1.85 bits per heavy atom. The topological polar surface area (TPSA) is 75.6 Å². The van der Waals surface area contributed by atoms with Gasteiger partial charge in [-0.05, 0) is 36.2 Å². The molecule has 136 valence electrons. The third-order valence-corrected chi connectivity index (χ3v) is 4.42. The van der Waals surface area contributed by atoms with Crippen LogP contribution in [0.5, 0.6) is 0 Å². The number of nitrogens with zero attached hydrogens (tertiary/aromatic N) is 3. The lowest BCUT2D eigenvalue weighted by Crippen LogP contribution is -2.25. The average Bonchev–Trinajstić information content (AvgIpc) is 3.34. The highest BCUT2D eigenvalue weighted by Gasteiger charge is 2.07. The van der Waals surface area contributed by atoms with Gasteiger partial charge in [-0.1, -0.05) is 30.3 Å². The number of rotatable bonds is 7. The Morgan fingerprint density at radius 3 is 2.70 bits per heavy atom. The molecule has 0 aliphatic carbocycles. The molecule has 2 N–H and O–H groups in total. The van der Waals surface area contributed by atoms with Crippen LogP contribution in [0.25, 0.3) is 16.7 Å². The maximum absolute atomic E-state index is 12.1. The van der Waals surface area contributed by atoms with Crippen molar-refractivity contribution in [2.24, 2.45) is 0 Å². The second-order valence-electron chi connectivity index (χ2n) is 6.43. The van der Waals surface area contributed by atoms with Crippen molar-refractivity contribution in [2.45, 2.75) is 19.3 Å². The van der Waals surface area contributed by atoms with Crippen LogP contribution in [0, 0.1) is 0 Å². The van der Waals surface area contributed by atoms with Gasteiger partial charge in [0.25, 0.3) is 0 Å². The number of hydrogen-bond donors (Lipinski definition) is 2. The van der Waals surface area contributed by atoms with Gasteiger partial charge in [0.05, 0.1) is 22.9 Å². The van der Waals surface area contributed by atoms with Crippen molar-refractivity contribution in [1.82, 2.24) is 25.1 Å². The summed E-state index contributed by atoms with van der Waals surface area (Å²) < 4.78 is 1.85. The molecule has 0 atom stereocenters. The molecule has 6 nitrogen and oxygen atoms in total. The molecular formula is C21H21N5O. The SMILES string of the molecule is O=C(CCc1nc2ccccc2[nH]1)NCCc1cnn(-c2ccccc2)c1. The number of imidazole rings is 1. The van der Waals surface area contributed by atoms with Gasteiger partial charge in [0.2, 0.25) is 5.91 Å². The number of para-hydroxylation sites is 3. The minimum atomic E-state index is 0.0332. The molecule has 0 aliphatic rings. The summed E-state index contributed by atoms with van der Waals surface area (Å²) in [4.78, 5) is 19.8. The number of benzene rings is 2. The summed E-state index contributed by atoms with van der Waals surface area (Å²) in [5, 5.41) is 7.34. The molecule has 6 heteroatoms. The number of aryl methyl sites for hydroxylation is 1. The second-order valence-corrected chi connectivity index (χ2v) is 6.43. The molecule has 2 aromatic heterocycles. The van der Waals surface area contributed by atoms with Crippen molar-refractivity contribution < 1.29 is 4.79 Å². The van der Waals surface area contributed by atoms with E-state index in [4.69, 9.17) is 0 Å². The Kier molecular flexibility index (Phi) is 4.96. The second kappa shape index (κ2) is 7.86. The zero-order chi connectivity index (χ0) is 18.5. The largest absolute Gasteiger partial charge is 0.356 e. The van der Waals surface area contributed by atoms with Crippen molar-refractivity contribution in [3.8, 4) is 5.69 Å². The summed E-state index contributed by atoms with van der Waals surface area (Å²) in [7, 11) is 0. The van der Waals surface area contributed by atoms with Gasteiger partial charge < -0.3 is 10.3 Å². The van der Waals surface area contributed by atoms with E-state index in [2.05, 4.69) is 20.4 Å². The van der Waals surface area contributed by atoms with Gasteiger partial charge in [-0.15, -0.1) is 0 Å². The van der Waals surface area contributed by atoms with Crippen LogP contribution in [-0.4, -0.2) is 32.2 Å². The molecule has 0 aliphatic heterocycles. The fraction of sp³-hybridized carbons (Fsp3) is 0.190. The van der Waals surface area contributed by atoms with E-state index in [9.17, 15) is 4.79 Å². The van der Waals surface area contributed by atoms with Gasteiger partial charge in [-0.25, -0.2) is 9.67 Å². The first-order chi connectivity index (χ1) is 13.3. The maximum Gasteiger partial charge on any atom is 0.220 e. The van der Waals surface area contributed by atoms with Gasteiger partial charge in [0.1, 0.15) is 5.82 Å². The molecule has 0 radical (unpaired) electrons. The van der Waals surface area contributed by atoms with Crippen LogP contribution in [-0.2, 0) is 17.6 Å². The van der Waals surface area contributed by atoms with E-state index in [-0.39, 0.29) is 5.91 Å². The summed E-state index contributed by atoms with van der Waals surface area (Å²) in [6, 6.07) is 17.9. The lowest BCUT2D eigenvalue weighted by atomic mass is 10.2. The quantitative estimate of drug-likeness (QED) is 0.532. The zero-order valence-electron chi connectivity index (χ0n) is 14.9. The fourth-order valence-electron chi connectivity index (χ4n) is 3.00. The third-order valence-electron chi connectivity index (χ3n) is 4.42. The molecule has 0 fully saturated rings. The smallest absolute Gasteiger partial charge is 0.220 e. The minimum absolute atomic E-state index is 0.0332. The molecule has 0 saturated heterocycles. The van der Waals surface area contributed by atoms with Gasteiger partial charge in [-0.3, -0.25) is 4.79 Å². The molecule has 4 aromatic rings. The molecule has 1 amide bonds. The van der Waals surface area contributed by atoms with Crippen molar-refractivity contribution in [3.63, 3.8) is 0 Å². The molecule has 4 rings (SSSR count). The van der Waals surface area contributed by atoms with Crippen molar-refractivity contribution >= 4 is 16.9 Å². The van der Waals surface area contributed by atoms with Crippen molar-refractivity contribution in [1.29, 1.82) is 0 Å². The minimum Gasteiger partial charge on any atom is -0.356 e. The zero-order valence-corrected chi connectivity index (χ0v) is 14.9. The van der Waals surface area contributed by atoms with E-state index in [1.165, 1.54) is 0 Å². The number of amides is 1. The average molecular weight is 359 g/mol. The Morgan fingerprint density at radius 1 is 1.04 bits per heavy atom. The molecule has 0 saturated carbocycles. The maximum atomic E-state index is 12.1. The van der Waals surface area contributed by atoms with Crippen LogP contribution in [0.1, 0.15) is 17.8 Å². The Bertz CT molecular complexity index is 1000. The number of aromatic nitrogens is 4. The van der Waals surface area contributed by atoms with E-state index < -0.39 is 0 Å². The van der Waals surface area contributed by atoms with E-state index in [0.717, 1.165) is 34.5 Å². The van der Waals surface area contributed by atoms with Crippen LogP contribution in [0.2, 0.25) is 0 Å². The summed E-state index contributed by atoms with van der Waals surface area (Å²) in [6.45, 7) is 0.597. The first-order valence-corrected chi connectivity index (χ1v) is 9.07. The highest BCUT2D eigenvalue weighted by atomic mass is 16.1. The Hall–Kier alpha value is -3.41. The molecule has 0 bridgehead atoms. The molecule has 2 heterocycles. The Labute approximate surface area is 157 Å². The van der Waals surface area contributed by atoms with E-state index in [1.54, 1.807) is 0 Å². The highest BCUT2D eigenvalue weighted by Crippen LogP contribution is 2.11. The lowest BCUT2D eigenvalue weighted by molar-refractivity contribution is -0.121. The molecule has 2 aromatic carbocycles. The Balaban J connectivity index is 1.23. The lowest BCUT2D eigenvalue weighted by Gasteiger charge is -2.03. The van der Waals surface area contributed by atoms with Gasteiger partial charge >= 0.3 is 0 Å². The normalized spacial score (nSPS) is 11.0. The third kappa shape index (κ3) is 4.23. The molecule has 0 unspecified atom stereocenters. The predicted molar refractivity (Wildman–Crippen MR) is 105 cm³/mol. The van der Waals surface area contributed by atoms with Gasteiger partial charge in [0, 0.05) is 25.6 Å². The van der Waals surface area contributed by atoms with Gasteiger partial charge in [-0.2, -0.15) is 5.10 Å². The van der Waals surface area contributed by atoms with E-state index >= 15 is 0 Å². The summed E-state index contributed by atoms with van der Waals surface area (Å²) in [6.07, 6.45) is 5.61. The van der Waals surface area contributed by atoms with E-state index in [1.807, 2.05) is 71.7 Å². The fourth-order valence-corrected chi connectivity index (χ4v) is 3.00. The van der Waals surface area contributed by atoms with Crippen molar-refractivity contribution in [3.05, 3.63) is 78.4 Å². The van der Waals surface area contributed by atoms with Crippen LogP contribution in [0.4, 0.5) is 0 Å². The monoisotopic (exact) mass is 359 g/mol. The highest BCUT2D eigenvalue weighted by molar-refractivity contribution is 5.77. The van der Waals surface area contributed by atoms with Gasteiger partial charge in [0.15, 0.2) is 0 Å². The molecule has 27 heavy (non-hydrogen) atoms. The number of nitrogens with one attached hydrogen (secondary N) is 2. The number of aromatic amines is 1. The number of H-pyrrole nitrogens is 1. The standard InChI is InChI=1S/C21H21N5O/c27-21(11-10-20-24-18-8-4-5-9-19(18)25-20)22-13-12-16-14-23-26(15-16)17-6-2-1-3-7-17/h1-9,14-15H,10-13H2,(H,22,27)(H,24,25). The molecule has 0 spiro atoms. The van der Waals surface area contributed by atoms with Crippen LogP contribution >= 0.6 is 0 Å². The number of carbonyl (C=O) groups is 1. The van der Waals surface area contributed by atoms with Crippen LogP contribution < -0.4 is 5.32 Å². The number of hydrogen-bond acceptors (Lipinski definition) is 3. The van der Waals surface area contributed by atoms with Crippen LogP contribution in [0.15, 0.2) is 67.0 Å². The van der Waals surface area contributed by atoms with E-state index in [0.29, 0.717) is 19.4 Å². The summed E-state index contributed by atoms with van der Waals surface area (Å²) in [5.41, 5.74) is 4.06. The van der Waals surface area contributed by atoms with Crippen LogP contribution in [0.3, 0.4) is 0 Å². The number of fused-ring (bicyclic) bond motifs is 1. The number of carbonyl (C=O) groups excluding carboxylic acids is 1. The molecular weight excluding hydrogens is 338 g/mol. The summed E-state index contributed by atoms with van der Waals surface area (Å²) in [5.74, 6) is 0.876. The van der Waals surface area contributed by atoms with Crippen molar-refractivity contribution in [2.75, 3.05) is 6.54 Å². The summed E-state index contributed by atoms with van der Waals surface area (Å²) >= 11 is 0. The predicted octanol–water partition coefficient (Wildman–Crippen LogP) is 3.04. The first kappa shape index (κ1) is 17.0.